The van der Waals surface area contributed by atoms with E-state index in [0.717, 1.165) is 30.8 Å². The fraction of sp³-hybridized carbons (Fsp3) is 0.267. The fourth-order valence-corrected chi connectivity index (χ4v) is 2.39. The van der Waals surface area contributed by atoms with Crippen LogP contribution in [0.2, 0.25) is 0 Å². The van der Waals surface area contributed by atoms with Crippen molar-refractivity contribution in [2.24, 2.45) is 0 Å². The Kier molecular flexibility index (Phi) is 3.40. The number of nitrogens with one attached hydrogen (secondary N) is 1. The lowest BCUT2D eigenvalue weighted by Crippen LogP contribution is -2.27. The molecule has 0 radical (unpaired) electrons. The number of rotatable bonds is 2. The molecule has 106 valence electrons. The number of nitrogens with zero attached hydrogens (tertiary/aromatic N) is 3. The molecule has 1 aromatic heterocycles. The van der Waals surface area contributed by atoms with E-state index in [1.54, 1.807) is 0 Å². The maximum atomic E-state index is 13.8. The maximum absolute atomic E-state index is 13.8. The van der Waals surface area contributed by atoms with Crippen molar-refractivity contribution in [3.63, 3.8) is 0 Å². The predicted octanol–water partition coefficient (Wildman–Crippen LogP) is 1.66. The van der Waals surface area contributed by atoms with Gasteiger partial charge in [0, 0.05) is 18.2 Å². The standard InChI is InChI=1S/C15H13FN4O/c16-12-4-3-10(8-17)6-11(12)9-20-15(21)7-14-13(19-20)2-1-5-18-14/h3-4,6-7,18H,1-2,5,9H2. The first-order chi connectivity index (χ1) is 10.2. The molecular formula is C15H13FN4O. The number of aryl methyl sites for hydroxylation is 1. The zero-order chi connectivity index (χ0) is 14.8. The van der Waals surface area contributed by atoms with Crippen LogP contribution in [0, 0.1) is 17.1 Å². The molecule has 0 saturated heterocycles. The summed E-state index contributed by atoms with van der Waals surface area (Å²) in [4.78, 5) is 12.0. The average molecular weight is 284 g/mol. The molecule has 0 amide bonds. The number of benzene rings is 1. The molecule has 3 rings (SSSR count). The summed E-state index contributed by atoms with van der Waals surface area (Å²) in [5.41, 5.74) is 1.93. The van der Waals surface area contributed by atoms with E-state index in [-0.39, 0.29) is 17.7 Å². The highest BCUT2D eigenvalue weighted by Crippen LogP contribution is 2.17. The maximum Gasteiger partial charge on any atom is 0.269 e. The molecule has 1 aliphatic rings. The molecule has 6 heteroatoms. The number of hydrogen-bond donors (Lipinski definition) is 1. The van der Waals surface area contributed by atoms with Crippen LogP contribution >= 0.6 is 0 Å². The van der Waals surface area contributed by atoms with Crippen LogP contribution in [-0.2, 0) is 13.0 Å². The molecule has 21 heavy (non-hydrogen) atoms. The van der Waals surface area contributed by atoms with E-state index >= 15 is 0 Å². The molecule has 0 aliphatic carbocycles. The summed E-state index contributed by atoms with van der Waals surface area (Å²) in [7, 11) is 0. The van der Waals surface area contributed by atoms with Crippen LogP contribution in [-0.4, -0.2) is 16.3 Å². The van der Waals surface area contributed by atoms with Crippen molar-refractivity contribution in [1.29, 1.82) is 5.26 Å². The molecule has 2 aromatic rings. The van der Waals surface area contributed by atoms with Gasteiger partial charge < -0.3 is 5.32 Å². The summed E-state index contributed by atoms with van der Waals surface area (Å²) < 4.78 is 15.0. The second-order valence-corrected chi connectivity index (χ2v) is 4.95. The van der Waals surface area contributed by atoms with E-state index in [9.17, 15) is 9.18 Å². The Morgan fingerprint density at radius 3 is 3.10 bits per heavy atom. The van der Waals surface area contributed by atoms with Crippen LogP contribution in [0.15, 0.2) is 29.1 Å². The van der Waals surface area contributed by atoms with E-state index in [2.05, 4.69) is 10.4 Å². The van der Waals surface area contributed by atoms with Gasteiger partial charge in [-0.15, -0.1) is 0 Å². The Balaban J connectivity index is 1.99. The Morgan fingerprint density at radius 1 is 1.43 bits per heavy atom. The summed E-state index contributed by atoms with van der Waals surface area (Å²) in [6.45, 7) is 0.852. The molecule has 2 heterocycles. The molecule has 1 aliphatic heterocycles. The van der Waals surface area contributed by atoms with Crippen molar-refractivity contribution in [2.75, 3.05) is 11.9 Å². The van der Waals surface area contributed by atoms with Gasteiger partial charge in [-0.1, -0.05) is 0 Å². The molecule has 1 N–H and O–H groups in total. The molecule has 0 atom stereocenters. The van der Waals surface area contributed by atoms with Crippen LogP contribution < -0.4 is 10.9 Å². The van der Waals surface area contributed by atoms with E-state index in [0.29, 0.717) is 5.56 Å². The zero-order valence-corrected chi connectivity index (χ0v) is 11.3. The molecule has 0 bridgehead atoms. The lowest BCUT2D eigenvalue weighted by Gasteiger charge is -2.17. The van der Waals surface area contributed by atoms with Gasteiger partial charge in [0.2, 0.25) is 0 Å². The first-order valence-electron chi connectivity index (χ1n) is 6.71. The minimum Gasteiger partial charge on any atom is -0.383 e. The van der Waals surface area contributed by atoms with Gasteiger partial charge in [0.25, 0.3) is 5.56 Å². The minimum atomic E-state index is -0.446. The number of halogens is 1. The molecule has 0 fully saturated rings. The molecule has 0 unspecified atom stereocenters. The second kappa shape index (κ2) is 5.37. The minimum absolute atomic E-state index is 0.0213. The van der Waals surface area contributed by atoms with E-state index in [1.807, 2.05) is 6.07 Å². The van der Waals surface area contributed by atoms with Crippen LogP contribution in [0.3, 0.4) is 0 Å². The van der Waals surface area contributed by atoms with Gasteiger partial charge in [-0.2, -0.15) is 10.4 Å². The predicted molar refractivity (Wildman–Crippen MR) is 75.5 cm³/mol. The summed E-state index contributed by atoms with van der Waals surface area (Å²) in [5, 5.41) is 16.3. The van der Waals surface area contributed by atoms with Crippen LogP contribution in [0.4, 0.5) is 10.1 Å². The van der Waals surface area contributed by atoms with Gasteiger partial charge in [-0.25, -0.2) is 9.07 Å². The van der Waals surface area contributed by atoms with Crippen molar-refractivity contribution < 1.29 is 4.39 Å². The molecule has 5 nitrogen and oxygen atoms in total. The second-order valence-electron chi connectivity index (χ2n) is 4.95. The number of nitriles is 1. The van der Waals surface area contributed by atoms with E-state index in [1.165, 1.54) is 28.9 Å². The number of hydrogen-bond acceptors (Lipinski definition) is 4. The van der Waals surface area contributed by atoms with Gasteiger partial charge in [0.05, 0.1) is 29.6 Å². The largest absolute Gasteiger partial charge is 0.383 e. The summed E-state index contributed by atoms with van der Waals surface area (Å²) in [6.07, 6.45) is 1.75. The first kappa shape index (κ1) is 13.3. The monoisotopic (exact) mass is 284 g/mol. The van der Waals surface area contributed by atoms with Crippen molar-refractivity contribution in [3.05, 3.63) is 57.3 Å². The highest BCUT2D eigenvalue weighted by Gasteiger charge is 2.14. The van der Waals surface area contributed by atoms with Crippen LogP contribution in [0.1, 0.15) is 23.2 Å². The first-order valence-corrected chi connectivity index (χ1v) is 6.71. The smallest absolute Gasteiger partial charge is 0.269 e. The summed E-state index contributed by atoms with van der Waals surface area (Å²) in [6, 6.07) is 7.54. The Hall–Kier alpha value is -2.68. The number of aromatic nitrogens is 2. The highest BCUT2D eigenvalue weighted by molar-refractivity contribution is 5.48. The summed E-state index contributed by atoms with van der Waals surface area (Å²) in [5.74, 6) is -0.446. The number of anilines is 1. The van der Waals surface area contributed by atoms with Crippen LogP contribution in [0.25, 0.3) is 0 Å². The molecule has 0 spiro atoms. The average Bonchev–Trinajstić information content (AvgIpc) is 2.50. The quantitative estimate of drug-likeness (QED) is 0.910. The Labute approximate surface area is 120 Å². The van der Waals surface area contributed by atoms with E-state index < -0.39 is 5.82 Å². The van der Waals surface area contributed by atoms with Crippen molar-refractivity contribution in [3.8, 4) is 6.07 Å². The third-order valence-electron chi connectivity index (χ3n) is 3.48. The van der Waals surface area contributed by atoms with Crippen LogP contribution in [0.5, 0.6) is 0 Å². The molecule has 1 aromatic carbocycles. The van der Waals surface area contributed by atoms with Crippen molar-refractivity contribution in [1.82, 2.24) is 9.78 Å². The number of fused-ring (bicyclic) bond motifs is 1. The van der Waals surface area contributed by atoms with E-state index in [4.69, 9.17) is 5.26 Å². The fourth-order valence-electron chi connectivity index (χ4n) is 2.39. The lowest BCUT2D eigenvalue weighted by molar-refractivity contribution is 0.562. The third kappa shape index (κ3) is 2.63. The SMILES string of the molecule is N#Cc1ccc(F)c(Cn2nc3c(cc2=O)NCCC3)c1. The van der Waals surface area contributed by atoms with Gasteiger partial charge in [-0.3, -0.25) is 4.79 Å². The van der Waals surface area contributed by atoms with Gasteiger partial charge in [0.1, 0.15) is 5.82 Å². The zero-order valence-electron chi connectivity index (χ0n) is 11.3. The topological polar surface area (TPSA) is 70.7 Å². The lowest BCUT2D eigenvalue weighted by atomic mass is 10.1. The normalized spacial score (nSPS) is 13.1. The van der Waals surface area contributed by atoms with Gasteiger partial charge >= 0.3 is 0 Å². The molecule has 0 saturated carbocycles. The Morgan fingerprint density at radius 2 is 2.29 bits per heavy atom. The van der Waals surface area contributed by atoms with Gasteiger partial charge in [-0.05, 0) is 31.0 Å². The van der Waals surface area contributed by atoms with Crippen molar-refractivity contribution >= 4 is 5.69 Å². The Bertz CT molecular complexity index is 791. The summed E-state index contributed by atoms with van der Waals surface area (Å²) >= 11 is 0. The molecular weight excluding hydrogens is 271 g/mol. The van der Waals surface area contributed by atoms with Gasteiger partial charge in [0.15, 0.2) is 0 Å². The third-order valence-corrected chi connectivity index (χ3v) is 3.48. The highest BCUT2D eigenvalue weighted by atomic mass is 19.1. The van der Waals surface area contributed by atoms with Crippen molar-refractivity contribution in [2.45, 2.75) is 19.4 Å².